The van der Waals surface area contributed by atoms with E-state index in [1.165, 1.54) is 23.5 Å². The Balaban J connectivity index is 1.58. The Morgan fingerprint density at radius 3 is 2.58 bits per heavy atom. The van der Waals surface area contributed by atoms with Crippen LogP contribution in [0.2, 0.25) is 5.02 Å². The Labute approximate surface area is 159 Å². The van der Waals surface area contributed by atoms with Crippen LogP contribution in [0, 0.1) is 12.7 Å². The fraction of sp³-hybridized carbons (Fsp3) is 0.158. The van der Waals surface area contributed by atoms with E-state index in [9.17, 15) is 9.18 Å². The van der Waals surface area contributed by atoms with Crippen molar-refractivity contribution < 1.29 is 13.9 Å². The molecule has 1 heterocycles. The molecule has 0 saturated carbocycles. The number of benzene rings is 2. The molecule has 2 aromatic carbocycles. The number of aromatic nitrogens is 1. The molecular weight excluding hydrogens is 375 g/mol. The topological polar surface area (TPSA) is 51.2 Å². The number of hydrogen-bond donors (Lipinski definition) is 1. The van der Waals surface area contributed by atoms with Gasteiger partial charge in [-0.2, -0.15) is 0 Å². The molecule has 4 nitrogen and oxygen atoms in total. The summed E-state index contributed by atoms with van der Waals surface area (Å²) < 4.78 is 18.6. The maximum atomic E-state index is 12.9. The minimum Gasteiger partial charge on any atom is -0.486 e. The normalized spacial score (nSPS) is 10.6. The van der Waals surface area contributed by atoms with Crippen molar-refractivity contribution in [2.24, 2.45) is 0 Å². The van der Waals surface area contributed by atoms with Gasteiger partial charge in [0, 0.05) is 11.6 Å². The number of rotatable bonds is 6. The van der Waals surface area contributed by atoms with Gasteiger partial charge in [0.2, 0.25) is 0 Å². The highest BCUT2D eigenvalue weighted by molar-refractivity contribution is 7.13. The number of carbonyl (C=O) groups is 1. The first-order valence-corrected chi connectivity index (χ1v) is 9.08. The summed E-state index contributed by atoms with van der Waals surface area (Å²) in [6.45, 7) is 2.39. The van der Waals surface area contributed by atoms with Crippen molar-refractivity contribution in [2.75, 3.05) is 0 Å². The molecule has 0 bridgehead atoms. The highest BCUT2D eigenvalue weighted by atomic mass is 35.5. The molecule has 0 aliphatic carbocycles. The van der Waals surface area contributed by atoms with Gasteiger partial charge in [0.25, 0.3) is 5.91 Å². The molecule has 0 spiro atoms. The maximum Gasteiger partial charge on any atom is 0.263 e. The van der Waals surface area contributed by atoms with Crippen LogP contribution in [0.25, 0.3) is 0 Å². The lowest BCUT2D eigenvalue weighted by atomic mass is 10.2. The van der Waals surface area contributed by atoms with E-state index in [-0.39, 0.29) is 18.3 Å². The quantitative estimate of drug-likeness (QED) is 0.660. The lowest BCUT2D eigenvalue weighted by Crippen LogP contribution is -2.22. The highest BCUT2D eigenvalue weighted by Gasteiger charge is 2.15. The Morgan fingerprint density at radius 2 is 1.88 bits per heavy atom. The Kier molecular flexibility index (Phi) is 5.85. The Hall–Kier alpha value is -2.44. The number of hydrogen-bond acceptors (Lipinski definition) is 4. The molecule has 0 aliphatic heterocycles. The van der Waals surface area contributed by atoms with Gasteiger partial charge in [-0.1, -0.05) is 23.7 Å². The number of carbonyl (C=O) groups excluding carboxylic acids is 1. The van der Waals surface area contributed by atoms with Crippen LogP contribution in [0.15, 0.2) is 48.5 Å². The van der Waals surface area contributed by atoms with Crippen molar-refractivity contribution in [1.82, 2.24) is 10.3 Å². The second kappa shape index (κ2) is 8.29. The summed E-state index contributed by atoms with van der Waals surface area (Å²) in [6, 6.07) is 13.1. The van der Waals surface area contributed by atoms with E-state index < -0.39 is 0 Å². The lowest BCUT2D eigenvalue weighted by molar-refractivity contribution is 0.0954. The molecule has 0 aliphatic rings. The van der Waals surface area contributed by atoms with Crippen LogP contribution in [0.5, 0.6) is 5.75 Å². The van der Waals surface area contributed by atoms with Crippen molar-refractivity contribution in [3.8, 4) is 5.75 Å². The van der Waals surface area contributed by atoms with E-state index in [1.807, 2.05) is 0 Å². The zero-order valence-electron chi connectivity index (χ0n) is 14.0. The third-order valence-corrected chi connectivity index (χ3v) is 4.97. The number of ether oxygens (including phenoxy) is 1. The van der Waals surface area contributed by atoms with Crippen LogP contribution >= 0.6 is 22.9 Å². The summed E-state index contributed by atoms with van der Waals surface area (Å²) in [7, 11) is 0. The second-order valence-electron chi connectivity index (χ2n) is 5.57. The third kappa shape index (κ3) is 4.80. The van der Waals surface area contributed by atoms with Crippen molar-refractivity contribution in [3.63, 3.8) is 0 Å². The van der Waals surface area contributed by atoms with Gasteiger partial charge < -0.3 is 10.1 Å². The highest BCUT2D eigenvalue weighted by Crippen LogP contribution is 2.21. The standard InChI is InChI=1S/C19H16ClFN2O2S/c1-12-18(19(24)22-10-13-2-6-15(21)7-3-13)26-17(23-12)11-25-16-8-4-14(20)5-9-16/h2-9H,10-11H2,1H3,(H,22,24). The number of halogens is 2. The van der Waals surface area contributed by atoms with Crippen LogP contribution in [0.4, 0.5) is 4.39 Å². The van der Waals surface area contributed by atoms with Crippen LogP contribution in [0.3, 0.4) is 0 Å². The van der Waals surface area contributed by atoms with Crippen LogP contribution in [-0.2, 0) is 13.2 Å². The largest absolute Gasteiger partial charge is 0.486 e. The maximum absolute atomic E-state index is 12.9. The summed E-state index contributed by atoms with van der Waals surface area (Å²) in [6.07, 6.45) is 0. The molecular formula is C19H16ClFN2O2S. The average molecular weight is 391 g/mol. The van der Waals surface area contributed by atoms with Crippen molar-refractivity contribution in [1.29, 1.82) is 0 Å². The summed E-state index contributed by atoms with van der Waals surface area (Å²) in [4.78, 5) is 17.3. The van der Waals surface area contributed by atoms with Crippen molar-refractivity contribution in [3.05, 3.63) is 80.5 Å². The summed E-state index contributed by atoms with van der Waals surface area (Å²) in [5.41, 5.74) is 1.48. The number of nitrogens with one attached hydrogen (secondary N) is 1. The lowest BCUT2D eigenvalue weighted by Gasteiger charge is -2.04. The predicted molar refractivity (Wildman–Crippen MR) is 100 cm³/mol. The minimum atomic E-state index is -0.302. The van der Waals surface area contributed by atoms with Crippen LogP contribution in [0.1, 0.15) is 25.9 Å². The van der Waals surface area contributed by atoms with Gasteiger partial charge in [-0.15, -0.1) is 11.3 Å². The molecule has 7 heteroatoms. The van der Waals surface area contributed by atoms with Gasteiger partial charge in [0.15, 0.2) is 0 Å². The number of aryl methyl sites for hydroxylation is 1. The van der Waals surface area contributed by atoms with Crippen LogP contribution < -0.4 is 10.1 Å². The molecule has 0 unspecified atom stereocenters. The molecule has 1 aromatic heterocycles. The fourth-order valence-corrected chi connectivity index (χ4v) is 3.29. The van der Waals surface area contributed by atoms with E-state index in [1.54, 1.807) is 43.3 Å². The molecule has 0 atom stereocenters. The van der Waals surface area contributed by atoms with Gasteiger partial charge in [0.05, 0.1) is 5.69 Å². The molecule has 1 amide bonds. The first kappa shape index (κ1) is 18.4. The number of thiazole rings is 1. The molecule has 134 valence electrons. The first-order chi connectivity index (χ1) is 12.5. The molecule has 1 N–H and O–H groups in total. The van der Waals surface area contributed by atoms with Crippen LogP contribution in [-0.4, -0.2) is 10.9 Å². The zero-order valence-corrected chi connectivity index (χ0v) is 15.5. The molecule has 0 fully saturated rings. The minimum absolute atomic E-state index is 0.206. The zero-order chi connectivity index (χ0) is 18.5. The van der Waals surface area contributed by atoms with Gasteiger partial charge >= 0.3 is 0 Å². The number of amides is 1. The average Bonchev–Trinajstić information content (AvgIpc) is 3.01. The Morgan fingerprint density at radius 1 is 1.19 bits per heavy atom. The van der Waals surface area contributed by atoms with E-state index in [2.05, 4.69) is 10.3 Å². The number of nitrogens with zero attached hydrogens (tertiary/aromatic N) is 1. The molecule has 0 radical (unpaired) electrons. The molecule has 3 rings (SSSR count). The molecule has 3 aromatic rings. The monoisotopic (exact) mass is 390 g/mol. The summed E-state index contributed by atoms with van der Waals surface area (Å²) in [5, 5.41) is 4.18. The Bertz CT molecular complexity index is 895. The predicted octanol–water partition coefficient (Wildman–Crippen LogP) is 4.75. The third-order valence-electron chi connectivity index (χ3n) is 3.59. The molecule has 26 heavy (non-hydrogen) atoms. The van der Waals surface area contributed by atoms with Crippen molar-refractivity contribution >= 4 is 28.8 Å². The smallest absolute Gasteiger partial charge is 0.263 e. The summed E-state index contributed by atoms with van der Waals surface area (Å²) >= 11 is 7.13. The van der Waals surface area contributed by atoms with E-state index in [0.29, 0.717) is 32.9 Å². The molecule has 0 saturated heterocycles. The van der Waals surface area contributed by atoms with E-state index >= 15 is 0 Å². The van der Waals surface area contributed by atoms with E-state index in [4.69, 9.17) is 16.3 Å². The summed E-state index contributed by atoms with van der Waals surface area (Å²) in [5.74, 6) is 0.176. The van der Waals surface area contributed by atoms with Gasteiger partial charge in [-0.3, -0.25) is 4.79 Å². The SMILES string of the molecule is Cc1nc(COc2ccc(Cl)cc2)sc1C(=O)NCc1ccc(F)cc1. The fourth-order valence-electron chi connectivity index (χ4n) is 2.27. The van der Waals surface area contributed by atoms with Crippen molar-refractivity contribution in [2.45, 2.75) is 20.1 Å². The van der Waals surface area contributed by atoms with Gasteiger partial charge in [0.1, 0.15) is 28.1 Å². The second-order valence-corrected chi connectivity index (χ2v) is 7.09. The van der Waals surface area contributed by atoms with Gasteiger partial charge in [-0.05, 0) is 48.9 Å². The van der Waals surface area contributed by atoms with Gasteiger partial charge in [-0.25, -0.2) is 9.37 Å². The first-order valence-electron chi connectivity index (χ1n) is 7.88. The van der Waals surface area contributed by atoms with E-state index in [0.717, 1.165) is 5.56 Å².